The lowest BCUT2D eigenvalue weighted by Gasteiger charge is -2.10. The second-order valence-electron chi connectivity index (χ2n) is 5.86. The number of imidazole rings is 1. The van der Waals surface area contributed by atoms with Crippen molar-refractivity contribution in [3.8, 4) is 0 Å². The zero-order valence-corrected chi connectivity index (χ0v) is 16.0. The van der Waals surface area contributed by atoms with Crippen LogP contribution in [0.5, 0.6) is 0 Å². The standard InChI is InChI=1S/C19H16ClN3O5/c1-10-16(23-5-4-13(20)9-15(23)21-10)17(24)22-14-7-11(18(25)27-2)6-12(8-14)19(26)28-3/h4-9H,1-3H3,(H,22,24). The Balaban J connectivity index is 2.01. The maximum Gasteiger partial charge on any atom is 0.337 e. The number of aromatic nitrogens is 2. The molecule has 3 aromatic rings. The number of esters is 2. The van der Waals surface area contributed by atoms with Crippen LogP contribution in [0.3, 0.4) is 0 Å². The average Bonchev–Trinajstić information content (AvgIpc) is 3.01. The third kappa shape index (κ3) is 3.67. The molecule has 0 bridgehead atoms. The largest absolute Gasteiger partial charge is 0.465 e. The minimum atomic E-state index is -0.651. The van der Waals surface area contributed by atoms with E-state index in [1.807, 2.05) is 0 Å². The van der Waals surface area contributed by atoms with Gasteiger partial charge in [-0.2, -0.15) is 0 Å². The number of hydrogen-bond donors (Lipinski definition) is 1. The minimum absolute atomic E-state index is 0.0994. The predicted octanol–water partition coefficient (Wildman–Crippen LogP) is 3.12. The molecule has 0 aliphatic carbocycles. The first-order chi connectivity index (χ1) is 13.3. The number of nitrogens with zero attached hydrogens (tertiary/aromatic N) is 2. The lowest BCUT2D eigenvalue weighted by molar-refractivity contribution is 0.0599. The summed E-state index contributed by atoms with van der Waals surface area (Å²) in [5.74, 6) is -1.77. The van der Waals surface area contributed by atoms with E-state index in [9.17, 15) is 14.4 Å². The van der Waals surface area contributed by atoms with E-state index in [1.54, 1.807) is 29.7 Å². The number of aryl methyl sites for hydroxylation is 1. The van der Waals surface area contributed by atoms with Crippen molar-refractivity contribution in [2.75, 3.05) is 19.5 Å². The predicted molar refractivity (Wildman–Crippen MR) is 102 cm³/mol. The Morgan fingerprint density at radius 1 is 1.04 bits per heavy atom. The van der Waals surface area contributed by atoms with Gasteiger partial charge < -0.3 is 14.8 Å². The third-order valence-corrected chi connectivity index (χ3v) is 4.25. The molecule has 0 saturated carbocycles. The number of pyridine rings is 1. The summed E-state index contributed by atoms with van der Waals surface area (Å²) in [6, 6.07) is 7.42. The Kier molecular flexibility index (Phi) is 5.32. The van der Waals surface area contributed by atoms with Crippen molar-refractivity contribution in [3.05, 3.63) is 64.1 Å². The van der Waals surface area contributed by atoms with Crippen molar-refractivity contribution in [2.45, 2.75) is 6.92 Å². The van der Waals surface area contributed by atoms with Crippen molar-refractivity contribution < 1.29 is 23.9 Å². The highest BCUT2D eigenvalue weighted by atomic mass is 35.5. The summed E-state index contributed by atoms with van der Waals surface area (Å²) in [6.45, 7) is 1.70. The van der Waals surface area contributed by atoms with Gasteiger partial charge in [-0.15, -0.1) is 0 Å². The van der Waals surface area contributed by atoms with Gasteiger partial charge in [-0.3, -0.25) is 9.20 Å². The zero-order valence-electron chi connectivity index (χ0n) is 15.3. The smallest absolute Gasteiger partial charge is 0.337 e. The molecule has 3 rings (SSSR count). The molecule has 1 N–H and O–H groups in total. The Morgan fingerprint density at radius 3 is 2.21 bits per heavy atom. The highest BCUT2D eigenvalue weighted by molar-refractivity contribution is 6.30. The Bertz CT molecular complexity index is 1070. The highest BCUT2D eigenvalue weighted by Gasteiger charge is 2.19. The van der Waals surface area contributed by atoms with Crippen molar-refractivity contribution in [1.29, 1.82) is 0 Å². The molecular formula is C19H16ClN3O5. The van der Waals surface area contributed by atoms with Crippen molar-refractivity contribution in [2.24, 2.45) is 0 Å². The number of carbonyl (C=O) groups excluding carboxylic acids is 3. The van der Waals surface area contributed by atoms with Gasteiger partial charge in [0.05, 0.1) is 31.0 Å². The number of rotatable bonds is 4. The maximum atomic E-state index is 12.9. The summed E-state index contributed by atoms with van der Waals surface area (Å²) in [5.41, 5.74) is 1.75. The summed E-state index contributed by atoms with van der Waals surface area (Å²) in [7, 11) is 2.44. The second kappa shape index (κ2) is 7.69. The van der Waals surface area contributed by atoms with Gasteiger partial charge in [-0.05, 0) is 31.2 Å². The van der Waals surface area contributed by atoms with Crippen LogP contribution < -0.4 is 5.32 Å². The van der Waals surface area contributed by atoms with Crippen LogP contribution in [0.2, 0.25) is 5.02 Å². The van der Waals surface area contributed by atoms with E-state index in [-0.39, 0.29) is 16.8 Å². The fourth-order valence-electron chi connectivity index (χ4n) is 2.77. The van der Waals surface area contributed by atoms with E-state index in [0.717, 1.165) is 0 Å². The van der Waals surface area contributed by atoms with Crippen molar-refractivity contribution in [3.63, 3.8) is 0 Å². The molecule has 8 nitrogen and oxygen atoms in total. The van der Waals surface area contributed by atoms with E-state index < -0.39 is 17.8 Å². The molecule has 0 aliphatic rings. The molecule has 1 amide bonds. The third-order valence-electron chi connectivity index (χ3n) is 4.01. The number of halogens is 1. The first kappa shape index (κ1) is 19.4. The normalized spacial score (nSPS) is 10.6. The number of methoxy groups -OCH3 is 2. The molecule has 144 valence electrons. The number of carbonyl (C=O) groups is 3. The van der Waals surface area contributed by atoms with Gasteiger partial charge in [0.2, 0.25) is 0 Å². The number of benzene rings is 1. The van der Waals surface area contributed by atoms with Gasteiger partial charge in [0, 0.05) is 23.0 Å². The van der Waals surface area contributed by atoms with E-state index in [2.05, 4.69) is 10.3 Å². The van der Waals surface area contributed by atoms with Crippen LogP contribution in [0.1, 0.15) is 36.9 Å². The molecule has 2 aromatic heterocycles. The molecule has 0 fully saturated rings. The highest BCUT2D eigenvalue weighted by Crippen LogP contribution is 2.20. The molecule has 2 heterocycles. The monoisotopic (exact) mass is 401 g/mol. The Morgan fingerprint density at radius 2 is 1.64 bits per heavy atom. The minimum Gasteiger partial charge on any atom is -0.465 e. The van der Waals surface area contributed by atoms with Crippen LogP contribution in [0.25, 0.3) is 5.65 Å². The number of anilines is 1. The molecule has 0 atom stereocenters. The Labute approximate surface area is 165 Å². The lowest BCUT2D eigenvalue weighted by Crippen LogP contribution is -2.17. The van der Waals surface area contributed by atoms with Crippen LogP contribution >= 0.6 is 11.6 Å². The molecule has 1 aromatic carbocycles. The second-order valence-corrected chi connectivity index (χ2v) is 6.29. The van der Waals surface area contributed by atoms with Crippen molar-refractivity contribution in [1.82, 2.24) is 9.38 Å². The van der Waals surface area contributed by atoms with Gasteiger partial charge >= 0.3 is 11.9 Å². The Hall–Kier alpha value is -3.39. The van der Waals surface area contributed by atoms with Gasteiger partial charge in [0.1, 0.15) is 11.3 Å². The van der Waals surface area contributed by atoms with Crippen LogP contribution in [0.15, 0.2) is 36.5 Å². The van der Waals surface area contributed by atoms with Gasteiger partial charge in [0.15, 0.2) is 0 Å². The zero-order chi connectivity index (χ0) is 20.4. The van der Waals surface area contributed by atoms with Crippen molar-refractivity contribution >= 4 is 40.8 Å². The quantitative estimate of drug-likeness (QED) is 0.674. The van der Waals surface area contributed by atoms with Gasteiger partial charge in [0.25, 0.3) is 5.91 Å². The first-order valence-electron chi connectivity index (χ1n) is 8.11. The van der Waals surface area contributed by atoms with E-state index in [0.29, 0.717) is 22.1 Å². The molecule has 0 unspecified atom stereocenters. The maximum absolute atomic E-state index is 12.9. The van der Waals surface area contributed by atoms with Crippen LogP contribution in [0, 0.1) is 6.92 Å². The number of fused-ring (bicyclic) bond motifs is 1. The summed E-state index contributed by atoms with van der Waals surface area (Å²) < 4.78 is 11.0. The van der Waals surface area contributed by atoms with E-state index in [4.69, 9.17) is 21.1 Å². The molecule has 9 heteroatoms. The topological polar surface area (TPSA) is 99.0 Å². The van der Waals surface area contributed by atoms with Crippen LogP contribution in [-0.4, -0.2) is 41.5 Å². The van der Waals surface area contributed by atoms with Gasteiger partial charge in [-0.25, -0.2) is 14.6 Å². The fourth-order valence-corrected chi connectivity index (χ4v) is 2.93. The van der Waals surface area contributed by atoms with Crippen LogP contribution in [-0.2, 0) is 9.47 Å². The number of amides is 1. The number of nitrogens with one attached hydrogen (secondary N) is 1. The number of ether oxygens (including phenoxy) is 2. The molecule has 0 radical (unpaired) electrons. The summed E-state index contributed by atoms with van der Waals surface area (Å²) in [5, 5.41) is 3.18. The number of hydrogen-bond acceptors (Lipinski definition) is 6. The average molecular weight is 402 g/mol. The van der Waals surface area contributed by atoms with E-state index in [1.165, 1.54) is 32.4 Å². The lowest BCUT2D eigenvalue weighted by atomic mass is 10.1. The van der Waals surface area contributed by atoms with Crippen LogP contribution in [0.4, 0.5) is 5.69 Å². The fraction of sp³-hybridized carbons (Fsp3) is 0.158. The summed E-state index contributed by atoms with van der Waals surface area (Å²) in [6.07, 6.45) is 1.64. The van der Waals surface area contributed by atoms with Gasteiger partial charge in [-0.1, -0.05) is 11.6 Å². The molecular weight excluding hydrogens is 386 g/mol. The molecule has 0 aliphatic heterocycles. The molecule has 28 heavy (non-hydrogen) atoms. The molecule has 0 saturated heterocycles. The van der Waals surface area contributed by atoms with E-state index >= 15 is 0 Å². The SMILES string of the molecule is COC(=O)c1cc(NC(=O)c2c(C)nc3cc(Cl)ccn23)cc(C(=O)OC)c1. The summed E-state index contributed by atoms with van der Waals surface area (Å²) >= 11 is 5.97. The first-order valence-corrected chi connectivity index (χ1v) is 8.49. The summed E-state index contributed by atoms with van der Waals surface area (Å²) in [4.78, 5) is 41.0. The molecule has 0 spiro atoms.